The summed E-state index contributed by atoms with van der Waals surface area (Å²) in [6.45, 7) is 19.9. The lowest BCUT2D eigenvalue weighted by molar-refractivity contribution is -0.137. The van der Waals surface area contributed by atoms with Crippen LogP contribution in [0.3, 0.4) is 0 Å². The predicted octanol–water partition coefficient (Wildman–Crippen LogP) is 7.40. The highest BCUT2D eigenvalue weighted by Gasteiger charge is 2.33. The monoisotopic (exact) mass is 523 g/mol. The van der Waals surface area contributed by atoms with Crippen LogP contribution < -0.4 is 0 Å². The van der Waals surface area contributed by atoms with Crippen LogP contribution in [0.2, 0.25) is 0 Å². The number of nitrogens with zero attached hydrogens (tertiary/aromatic N) is 1. The Bertz CT molecular complexity index is 1130. The number of carboxylic acid groups (broad SMARTS) is 1. The molecule has 0 heterocycles. The number of carbonyl (C=O) groups excluding carboxylic acids is 1. The summed E-state index contributed by atoms with van der Waals surface area (Å²) < 4.78 is 0. The first-order valence-electron chi connectivity index (χ1n) is 13.7. The summed E-state index contributed by atoms with van der Waals surface area (Å²) in [5, 5.41) is 19.9. The number of aliphatic hydroxyl groups is 1. The summed E-state index contributed by atoms with van der Waals surface area (Å²) in [4.78, 5) is 25.0. The summed E-state index contributed by atoms with van der Waals surface area (Å²) in [6.07, 6.45) is 5.66. The zero-order chi connectivity index (χ0) is 29.5. The molecule has 1 unspecified atom stereocenters. The van der Waals surface area contributed by atoms with Crippen LogP contribution in [0.15, 0.2) is 42.5 Å². The van der Waals surface area contributed by atoms with Crippen LogP contribution in [0.5, 0.6) is 0 Å². The fraction of sp³-hybridized carbons (Fsp3) is 0.515. The molecule has 0 saturated heterocycles. The molecule has 2 N–H and O–H groups in total. The summed E-state index contributed by atoms with van der Waals surface area (Å²) in [6, 6.07) is 12.4. The van der Waals surface area contributed by atoms with Crippen LogP contribution in [0.25, 0.3) is 6.08 Å². The average Bonchev–Trinajstić information content (AvgIpc) is 2.84. The van der Waals surface area contributed by atoms with Gasteiger partial charge in [-0.1, -0.05) is 91.0 Å². The maximum atomic E-state index is 12.8. The lowest BCUT2D eigenvalue weighted by Crippen LogP contribution is -2.37. The molecular weight excluding hydrogens is 474 g/mol. The quantitative estimate of drug-likeness (QED) is 0.359. The van der Waals surface area contributed by atoms with Gasteiger partial charge in [0.1, 0.15) is 6.54 Å². The molecule has 0 radical (unpaired) electrons. The zero-order valence-corrected chi connectivity index (χ0v) is 25.4. The third-order valence-electron chi connectivity index (χ3n) is 7.86. The van der Waals surface area contributed by atoms with Gasteiger partial charge in [0.2, 0.25) is 0 Å². The second-order valence-electron chi connectivity index (χ2n) is 11.2. The highest BCUT2D eigenvalue weighted by Crippen LogP contribution is 2.40. The summed E-state index contributed by atoms with van der Waals surface area (Å²) in [5.41, 5.74) is 4.50. The first-order chi connectivity index (χ1) is 17.6. The minimum absolute atomic E-state index is 0.219. The Morgan fingerprint density at radius 1 is 0.895 bits per heavy atom. The molecule has 2 aromatic rings. The van der Waals surface area contributed by atoms with Crippen molar-refractivity contribution in [2.24, 2.45) is 5.41 Å². The van der Waals surface area contributed by atoms with E-state index in [1.54, 1.807) is 0 Å². The van der Waals surface area contributed by atoms with Gasteiger partial charge >= 0.3 is 5.97 Å². The number of carbonyl (C=O) groups is 2. The molecular formula is C33H49NO4. The largest absolute Gasteiger partial charge is 0.480 e. The molecule has 5 heteroatoms. The lowest BCUT2D eigenvalue weighted by atomic mass is 9.69. The minimum atomic E-state index is -1.04. The molecule has 0 aliphatic heterocycles. The van der Waals surface area contributed by atoms with Crippen LogP contribution in [0.4, 0.5) is 0 Å². The second kappa shape index (κ2) is 13.2. The third kappa shape index (κ3) is 7.35. The van der Waals surface area contributed by atoms with Crippen molar-refractivity contribution in [1.82, 2.24) is 4.90 Å². The van der Waals surface area contributed by atoms with E-state index >= 15 is 0 Å². The van der Waals surface area contributed by atoms with Gasteiger partial charge in [0, 0.05) is 18.0 Å². The van der Waals surface area contributed by atoms with Gasteiger partial charge in [0.25, 0.3) is 5.91 Å². The zero-order valence-electron chi connectivity index (χ0n) is 25.4. The molecule has 0 saturated carbocycles. The van der Waals surface area contributed by atoms with E-state index in [9.17, 15) is 14.7 Å². The number of hydrogen-bond donors (Lipinski definition) is 2. The molecule has 38 heavy (non-hydrogen) atoms. The highest BCUT2D eigenvalue weighted by atomic mass is 16.4. The Kier molecular flexibility index (Phi) is 11.5. The maximum absolute atomic E-state index is 12.8. The number of aryl methyl sites for hydroxylation is 2. The molecule has 0 bridgehead atoms. The molecule has 1 amide bonds. The van der Waals surface area contributed by atoms with E-state index in [2.05, 4.69) is 45.0 Å². The van der Waals surface area contributed by atoms with Gasteiger partial charge in [0.15, 0.2) is 0 Å². The Labute approximate surface area is 230 Å². The van der Waals surface area contributed by atoms with Crippen molar-refractivity contribution in [3.05, 3.63) is 75.9 Å². The molecule has 210 valence electrons. The highest BCUT2D eigenvalue weighted by molar-refractivity contribution is 5.97. The van der Waals surface area contributed by atoms with E-state index in [0.717, 1.165) is 35.1 Å². The first-order valence-corrected chi connectivity index (χ1v) is 13.7. The van der Waals surface area contributed by atoms with Crippen LogP contribution in [0, 0.1) is 19.3 Å². The molecule has 0 aromatic heterocycles. The van der Waals surface area contributed by atoms with Crippen molar-refractivity contribution in [3.8, 4) is 0 Å². The van der Waals surface area contributed by atoms with Crippen LogP contribution in [0.1, 0.15) is 106 Å². The molecule has 0 fully saturated rings. The number of hydrogen-bond acceptors (Lipinski definition) is 3. The number of aliphatic carboxylic acids is 1. The van der Waals surface area contributed by atoms with Gasteiger partial charge in [-0.3, -0.25) is 9.59 Å². The Morgan fingerprint density at radius 2 is 1.39 bits per heavy atom. The van der Waals surface area contributed by atoms with Crippen LogP contribution in [-0.4, -0.2) is 46.2 Å². The normalized spacial score (nSPS) is 13.5. The smallest absolute Gasteiger partial charge is 0.323 e. The van der Waals surface area contributed by atoms with E-state index < -0.39 is 11.6 Å². The average molecular weight is 524 g/mol. The Morgan fingerprint density at radius 3 is 1.82 bits per heavy atom. The standard InChI is InChI=1S/C31H43NO4.C2H6/c1-10-31(11-2,25-14-15-26(22(4)19-25)28(35)32(9)20-27(33)34)24-13-12-23(21(3)18-24)16-17-30(8,36)29(5,6)7;1-2/h12-19,36H,10-11,20H2,1-9H3,(H,33,34);1-2H3/b17-16+;. The molecule has 1 atom stereocenters. The lowest BCUT2D eigenvalue weighted by Gasteiger charge is -2.35. The van der Waals surface area contributed by atoms with Gasteiger partial charge in [-0.2, -0.15) is 0 Å². The number of benzene rings is 2. The molecule has 2 aromatic carbocycles. The Balaban J connectivity index is 0.00000352. The molecule has 5 nitrogen and oxygen atoms in total. The summed E-state index contributed by atoms with van der Waals surface area (Å²) in [7, 11) is 1.51. The topological polar surface area (TPSA) is 77.8 Å². The first kappa shape index (κ1) is 33.1. The van der Waals surface area contributed by atoms with Crippen LogP contribution >= 0.6 is 0 Å². The summed E-state index contributed by atoms with van der Waals surface area (Å²) >= 11 is 0. The number of carboxylic acids is 1. The second-order valence-corrected chi connectivity index (χ2v) is 11.2. The van der Waals surface area contributed by atoms with E-state index in [1.807, 2.05) is 72.8 Å². The number of amides is 1. The predicted molar refractivity (Wildman–Crippen MR) is 159 cm³/mol. The van der Waals surface area contributed by atoms with Crippen molar-refractivity contribution in [3.63, 3.8) is 0 Å². The fourth-order valence-corrected chi connectivity index (χ4v) is 4.58. The van der Waals surface area contributed by atoms with Gasteiger partial charge in [0.05, 0.1) is 5.60 Å². The van der Waals surface area contributed by atoms with Gasteiger partial charge < -0.3 is 15.1 Å². The van der Waals surface area contributed by atoms with Crippen molar-refractivity contribution in [1.29, 1.82) is 0 Å². The molecule has 0 aliphatic rings. The molecule has 0 aliphatic carbocycles. The summed E-state index contributed by atoms with van der Waals surface area (Å²) in [5.74, 6) is -1.33. The molecule has 0 spiro atoms. The van der Waals surface area contributed by atoms with E-state index in [1.165, 1.54) is 17.5 Å². The van der Waals surface area contributed by atoms with E-state index in [4.69, 9.17) is 5.11 Å². The van der Waals surface area contributed by atoms with Gasteiger partial charge in [-0.15, -0.1) is 0 Å². The SMILES string of the molecule is CC.CCC(CC)(c1ccc(/C=C/C(C)(O)C(C)(C)C)c(C)c1)c1ccc(C(=O)N(C)CC(=O)O)c(C)c1. The van der Waals surface area contributed by atoms with Gasteiger partial charge in [-0.25, -0.2) is 0 Å². The fourth-order valence-electron chi connectivity index (χ4n) is 4.58. The maximum Gasteiger partial charge on any atom is 0.323 e. The number of likely N-dealkylation sites (N-methyl/N-ethyl adjacent to an activating group) is 1. The van der Waals surface area contributed by atoms with E-state index in [0.29, 0.717) is 5.56 Å². The van der Waals surface area contributed by atoms with Gasteiger partial charge in [-0.05, 0) is 72.9 Å². The van der Waals surface area contributed by atoms with Crippen molar-refractivity contribution in [2.45, 2.75) is 93.1 Å². The molecule has 2 rings (SSSR count). The minimum Gasteiger partial charge on any atom is -0.480 e. The van der Waals surface area contributed by atoms with Crippen molar-refractivity contribution < 1.29 is 19.8 Å². The van der Waals surface area contributed by atoms with Crippen molar-refractivity contribution >= 4 is 18.0 Å². The van der Waals surface area contributed by atoms with Crippen molar-refractivity contribution in [2.75, 3.05) is 13.6 Å². The third-order valence-corrected chi connectivity index (χ3v) is 7.86. The number of rotatable bonds is 9. The Hall–Kier alpha value is -2.92. The van der Waals surface area contributed by atoms with E-state index in [-0.39, 0.29) is 23.3 Å². The van der Waals surface area contributed by atoms with Crippen LogP contribution in [-0.2, 0) is 10.2 Å².